The number of ether oxygens (including phenoxy) is 1. The molecule has 1 aromatic rings. The molecule has 1 fully saturated rings. The Morgan fingerprint density at radius 3 is 2.43 bits per heavy atom. The third-order valence-corrected chi connectivity index (χ3v) is 5.51. The SMILES string of the molecule is CCOc1ccc(S(=O)(=O)N2CC(C)C(C(=O)O)C2)cc1. The van der Waals surface area contributed by atoms with Crippen LogP contribution in [0, 0.1) is 11.8 Å². The number of hydrogen-bond acceptors (Lipinski definition) is 4. The van der Waals surface area contributed by atoms with Crippen molar-refractivity contribution < 1.29 is 23.1 Å². The summed E-state index contributed by atoms with van der Waals surface area (Å²) >= 11 is 0. The largest absolute Gasteiger partial charge is 0.494 e. The van der Waals surface area contributed by atoms with Gasteiger partial charge in [0, 0.05) is 13.1 Å². The molecule has 0 amide bonds. The van der Waals surface area contributed by atoms with Gasteiger partial charge in [0.2, 0.25) is 10.0 Å². The fourth-order valence-corrected chi connectivity index (χ4v) is 4.03. The van der Waals surface area contributed by atoms with Gasteiger partial charge in [0.1, 0.15) is 5.75 Å². The standard InChI is InChI=1S/C14H19NO5S/c1-3-20-11-4-6-12(7-5-11)21(18,19)15-8-10(2)13(9-15)14(16)17/h4-7,10,13H,3,8-9H2,1-2H3,(H,16,17). The zero-order chi connectivity index (χ0) is 15.6. The molecule has 0 radical (unpaired) electrons. The molecule has 21 heavy (non-hydrogen) atoms. The van der Waals surface area contributed by atoms with E-state index < -0.39 is 21.9 Å². The van der Waals surface area contributed by atoms with Gasteiger partial charge in [0.05, 0.1) is 17.4 Å². The van der Waals surface area contributed by atoms with E-state index >= 15 is 0 Å². The molecule has 2 rings (SSSR count). The molecule has 1 N–H and O–H groups in total. The fraction of sp³-hybridized carbons (Fsp3) is 0.500. The minimum atomic E-state index is -3.66. The minimum Gasteiger partial charge on any atom is -0.494 e. The first kappa shape index (κ1) is 15.8. The normalized spacial score (nSPS) is 23.1. The van der Waals surface area contributed by atoms with Crippen molar-refractivity contribution in [3.8, 4) is 5.75 Å². The van der Waals surface area contributed by atoms with E-state index in [1.54, 1.807) is 19.1 Å². The summed E-state index contributed by atoms with van der Waals surface area (Å²) in [6, 6.07) is 6.17. The van der Waals surface area contributed by atoms with E-state index in [2.05, 4.69) is 0 Å². The van der Waals surface area contributed by atoms with E-state index in [1.807, 2.05) is 6.92 Å². The van der Waals surface area contributed by atoms with Gasteiger partial charge in [0.15, 0.2) is 0 Å². The van der Waals surface area contributed by atoms with Gasteiger partial charge in [0.25, 0.3) is 0 Å². The highest BCUT2D eigenvalue weighted by Crippen LogP contribution is 2.29. The number of carboxylic acids is 1. The van der Waals surface area contributed by atoms with Gasteiger partial charge in [-0.2, -0.15) is 4.31 Å². The quantitative estimate of drug-likeness (QED) is 0.889. The third kappa shape index (κ3) is 3.19. The van der Waals surface area contributed by atoms with Gasteiger partial charge < -0.3 is 9.84 Å². The predicted molar refractivity (Wildman–Crippen MR) is 76.7 cm³/mol. The summed E-state index contributed by atoms with van der Waals surface area (Å²) in [5.41, 5.74) is 0. The number of carbonyl (C=O) groups is 1. The molecule has 1 heterocycles. The van der Waals surface area contributed by atoms with Gasteiger partial charge in [-0.15, -0.1) is 0 Å². The molecule has 116 valence electrons. The topological polar surface area (TPSA) is 83.9 Å². The monoisotopic (exact) mass is 313 g/mol. The van der Waals surface area contributed by atoms with Gasteiger partial charge in [-0.05, 0) is 37.1 Å². The molecule has 0 spiro atoms. The van der Waals surface area contributed by atoms with Crippen LogP contribution in [0.3, 0.4) is 0 Å². The number of aliphatic carboxylic acids is 1. The Kier molecular flexibility index (Phi) is 4.53. The van der Waals surface area contributed by atoms with Crippen LogP contribution in [0.5, 0.6) is 5.75 Å². The van der Waals surface area contributed by atoms with Crippen LogP contribution in [0.25, 0.3) is 0 Å². The molecule has 2 unspecified atom stereocenters. The van der Waals surface area contributed by atoms with Crippen molar-refractivity contribution >= 4 is 16.0 Å². The minimum absolute atomic E-state index is 0.0199. The Morgan fingerprint density at radius 1 is 1.33 bits per heavy atom. The Labute approximate surface area is 124 Å². The molecule has 1 aromatic carbocycles. The maximum absolute atomic E-state index is 12.5. The zero-order valence-electron chi connectivity index (χ0n) is 12.0. The highest BCUT2D eigenvalue weighted by molar-refractivity contribution is 7.89. The van der Waals surface area contributed by atoms with Crippen molar-refractivity contribution in [3.63, 3.8) is 0 Å². The number of sulfonamides is 1. The Bertz CT molecular complexity index is 611. The Morgan fingerprint density at radius 2 is 1.95 bits per heavy atom. The molecule has 0 aliphatic carbocycles. The smallest absolute Gasteiger partial charge is 0.308 e. The van der Waals surface area contributed by atoms with E-state index in [0.29, 0.717) is 12.4 Å². The van der Waals surface area contributed by atoms with E-state index in [4.69, 9.17) is 9.84 Å². The van der Waals surface area contributed by atoms with E-state index in [-0.39, 0.29) is 23.9 Å². The lowest BCUT2D eigenvalue weighted by molar-refractivity contribution is -0.142. The average molecular weight is 313 g/mol. The Hall–Kier alpha value is -1.60. The molecular weight excluding hydrogens is 294 g/mol. The van der Waals surface area contributed by atoms with Crippen LogP contribution in [0.15, 0.2) is 29.2 Å². The third-order valence-electron chi connectivity index (χ3n) is 3.67. The number of hydrogen-bond donors (Lipinski definition) is 1. The first-order chi connectivity index (χ1) is 9.86. The summed E-state index contributed by atoms with van der Waals surface area (Å²) < 4.78 is 31.5. The van der Waals surface area contributed by atoms with Crippen LogP contribution < -0.4 is 4.74 Å². The van der Waals surface area contributed by atoms with Crippen molar-refractivity contribution in [3.05, 3.63) is 24.3 Å². The molecule has 0 bridgehead atoms. The summed E-state index contributed by atoms with van der Waals surface area (Å²) in [5.74, 6) is -1.19. The van der Waals surface area contributed by atoms with E-state index in [0.717, 1.165) is 0 Å². The molecule has 1 aliphatic heterocycles. The van der Waals surface area contributed by atoms with Crippen LogP contribution in [0.4, 0.5) is 0 Å². The molecule has 1 aliphatic rings. The van der Waals surface area contributed by atoms with Gasteiger partial charge in [-0.25, -0.2) is 8.42 Å². The summed E-state index contributed by atoms with van der Waals surface area (Å²) in [6.07, 6.45) is 0. The van der Waals surface area contributed by atoms with Gasteiger partial charge in [-0.3, -0.25) is 4.79 Å². The summed E-state index contributed by atoms with van der Waals surface area (Å²) in [4.78, 5) is 11.3. The van der Waals surface area contributed by atoms with Crippen LogP contribution in [-0.4, -0.2) is 43.5 Å². The second kappa shape index (κ2) is 6.03. The van der Waals surface area contributed by atoms with Crippen molar-refractivity contribution in [2.45, 2.75) is 18.7 Å². The summed E-state index contributed by atoms with van der Waals surface area (Å²) in [7, 11) is -3.66. The molecule has 7 heteroatoms. The van der Waals surface area contributed by atoms with E-state index in [9.17, 15) is 13.2 Å². The van der Waals surface area contributed by atoms with Crippen LogP contribution in [0.1, 0.15) is 13.8 Å². The molecule has 6 nitrogen and oxygen atoms in total. The van der Waals surface area contributed by atoms with Crippen molar-refractivity contribution in [2.75, 3.05) is 19.7 Å². The number of benzene rings is 1. The van der Waals surface area contributed by atoms with Crippen molar-refractivity contribution in [1.82, 2.24) is 4.31 Å². The number of nitrogens with zero attached hydrogens (tertiary/aromatic N) is 1. The van der Waals surface area contributed by atoms with Crippen LogP contribution >= 0.6 is 0 Å². The summed E-state index contributed by atoms with van der Waals surface area (Å²) in [6.45, 7) is 4.36. The highest BCUT2D eigenvalue weighted by Gasteiger charge is 2.40. The molecule has 2 atom stereocenters. The number of rotatable bonds is 5. The highest BCUT2D eigenvalue weighted by atomic mass is 32.2. The second-order valence-electron chi connectivity index (χ2n) is 5.15. The molecule has 0 saturated carbocycles. The van der Waals surface area contributed by atoms with Crippen molar-refractivity contribution in [2.24, 2.45) is 11.8 Å². The van der Waals surface area contributed by atoms with Gasteiger partial charge in [-0.1, -0.05) is 6.92 Å². The lowest BCUT2D eigenvalue weighted by atomic mass is 9.99. The predicted octanol–water partition coefficient (Wildman–Crippen LogP) is 1.43. The van der Waals surface area contributed by atoms with Crippen LogP contribution in [-0.2, 0) is 14.8 Å². The fourth-order valence-electron chi connectivity index (χ4n) is 2.46. The van der Waals surface area contributed by atoms with Gasteiger partial charge >= 0.3 is 5.97 Å². The lowest BCUT2D eigenvalue weighted by Gasteiger charge is -2.16. The Balaban J connectivity index is 2.20. The summed E-state index contributed by atoms with van der Waals surface area (Å²) in [5, 5.41) is 9.10. The first-order valence-corrected chi connectivity index (χ1v) is 8.26. The first-order valence-electron chi connectivity index (χ1n) is 6.82. The molecule has 0 aromatic heterocycles. The zero-order valence-corrected chi connectivity index (χ0v) is 12.8. The van der Waals surface area contributed by atoms with Crippen molar-refractivity contribution in [1.29, 1.82) is 0 Å². The second-order valence-corrected chi connectivity index (χ2v) is 7.09. The molecule has 1 saturated heterocycles. The van der Waals surface area contributed by atoms with E-state index in [1.165, 1.54) is 16.4 Å². The lowest BCUT2D eigenvalue weighted by Crippen LogP contribution is -2.30. The average Bonchev–Trinajstić information content (AvgIpc) is 2.83. The maximum Gasteiger partial charge on any atom is 0.308 e. The molecular formula is C14H19NO5S. The maximum atomic E-state index is 12.5. The number of carboxylic acid groups (broad SMARTS) is 1. The van der Waals surface area contributed by atoms with Crippen LogP contribution in [0.2, 0.25) is 0 Å².